The van der Waals surface area contributed by atoms with Gasteiger partial charge in [0, 0.05) is 19.7 Å². The molecule has 1 aromatic carbocycles. The number of hydrogen-bond donors (Lipinski definition) is 1. The summed E-state index contributed by atoms with van der Waals surface area (Å²) in [5.41, 5.74) is 2.46. The second-order valence-corrected chi connectivity index (χ2v) is 4.43. The third-order valence-corrected chi connectivity index (χ3v) is 2.60. The molecule has 0 spiro atoms. The predicted octanol–water partition coefficient (Wildman–Crippen LogP) is 2.31. The monoisotopic (exact) mass is 237 g/mol. The van der Waals surface area contributed by atoms with Gasteiger partial charge in [-0.1, -0.05) is 17.7 Å². The van der Waals surface area contributed by atoms with E-state index in [0.717, 1.165) is 18.9 Å². The van der Waals surface area contributed by atoms with Crippen LogP contribution in [0.5, 0.6) is 5.75 Å². The molecule has 3 nitrogen and oxygen atoms in total. The van der Waals surface area contributed by atoms with Gasteiger partial charge in [-0.2, -0.15) is 0 Å². The molecule has 1 atom stereocenters. The summed E-state index contributed by atoms with van der Waals surface area (Å²) < 4.78 is 10.8. The summed E-state index contributed by atoms with van der Waals surface area (Å²) in [6.45, 7) is 8.49. The standard InChI is InChI=1S/C14H23NO2/c1-11-5-6-14(12(2)9-11)17-8-7-15-13(3)10-16-4/h5-6,9,13,15H,7-8,10H2,1-4H3. The molecule has 1 rings (SSSR count). The molecule has 0 saturated carbocycles. The maximum absolute atomic E-state index is 5.72. The molecule has 96 valence electrons. The van der Waals surface area contributed by atoms with E-state index in [2.05, 4.69) is 38.2 Å². The molecule has 1 aromatic rings. The molecule has 0 aliphatic rings. The Hall–Kier alpha value is -1.06. The van der Waals surface area contributed by atoms with Crippen molar-refractivity contribution in [3.63, 3.8) is 0 Å². The molecule has 0 aliphatic carbocycles. The van der Waals surface area contributed by atoms with E-state index in [4.69, 9.17) is 9.47 Å². The van der Waals surface area contributed by atoms with Gasteiger partial charge in [-0.05, 0) is 32.4 Å². The van der Waals surface area contributed by atoms with Crippen molar-refractivity contribution in [2.75, 3.05) is 26.9 Å². The van der Waals surface area contributed by atoms with E-state index in [-0.39, 0.29) is 0 Å². The molecule has 0 saturated heterocycles. The Bertz CT molecular complexity index is 339. The molecule has 3 heteroatoms. The third-order valence-electron chi connectivity index (χ3n) is 2.60. The van der Waals surface area contributed by atoms with Crippen molar-refractivity contribution in [1.29, 1.82) is 0 Å². The fraction of sp³-hybridized carbons (Fsp3) is 0.571. The normalized spacial score (nSPS) is 12.5. The quantitative estimate of drug-likeness (QED) is 0.738. The molecule has 1 N–H and O–H groups in total. The van der Waals surface area contributed by atoms with Gasteiger partial charge in [-0.15, -0.1) is 0 Å². The van der Waals surface area contributed by atoms with Gasteiger partial charge in [0.25, 0.3) is 0 Å². The molecular weight excluding hydrogens is 214 g/mol. The van der Waals surface area contributed by atoms with E-state index < -0.39 is 0 Å². The highest BCUT2D eigenvalue weighted by Gasteiger charge is 2.01. The topological polar surface area (TPSA) is 30.5 Å². The summed E-state index contributed by atoms with van der Waals surface area (Å²) in [5.74, 6) is 0.969. The fourth-order valence-electron chi connectivity index (χ4n) is 1.74. The highest BCUT2D eigenvalue weighted by molar-refractivity contribution is 5.35. The average molecular weight is 237 g/mol. The Labute approximate surface area is 104 Å². The molecule has 0 fully saturated rings. The summed E-state index contributed by atoms with van der Waals surface area (Å²) in [7, 11) is 1.71. The molecule has 0 aromatic heterocycles. The van der Waals surface area contributed by atoms with E-state index in [1.807, 2.05) is 6.07 Å². The molecule has 0 radical (unpaired) electrons. The van der Waals surface area contributed by atoms with Crippen LogP contribution in [0.4, 0.5) is 0 Å². The van der Waals surface area contributed by atoms with Crippen LogP contribution >= 0.6 is 0 Å². The predicted molar refractivity (Wildman–Crippen MR) is 70.8 cm³/mol. The van der Waals surface area contributed by atoms with Gasteiger partial charge in [0.15, 0.2) is 0 Å². The zero-order chi connectivity index (χ0) is 12.7. The Morgan fingerprint density at radius 2 is 2.06 bits per heavy atom. The molecule has 0 bridgehead atoms. The fourth-order valence-corrected chi connectivity index (χ4v) is 1.74. The zero-order valence-electron chi connectivity index (χ0n) is 11.2. The van der Waals surface area contributed by atoms with Gasteiger partial charge in [0.2, 0.25) is 0 Å². The van der Waals surface area contributed by atoms with Gasteiger partial charge in [-0.3, -0.25) is 0 Å². The Balaban J connectivity index is 2.26. The maximum Gasteiger partial charge on any atom is 0.122 e. The number of aryl methyl sites for hydroxylation is 2. The first kappa shape index (κ1) is 14.0. The van der Waals surface area contributed by atoms with Crippen molar-refractivity contribution in [3.05, 3.63) is 29.3 Å². The second kappa shape index (κ2) is 7.30. The number of methoxy groups -OCH3 is 1. The summed E-state index contributed by atoms with van der Waals surface area (Å²) in [5, 5.41) is 3.33. The van der Waals surface area contributed by atoms with Crippen LogP contribution in [0.15, 0.2) is 18.2 Å². The van der Waals surface area contributed by atoms with Gasteiger partial charge >= 0.3 is 0 Å². The van der Waals surface area contributed by atoms with Crippen LogP contribution in [-0.4, -0.2) is 32.9 Å². The van der Waals surface area contributed by atoms with E-state index >= 15 is 0 Å². The van der Waals surface area contributed by atoms with E-state index in [0.29, 0.717) is 12.6 Å². The highest BCUT2D eigenvalue weighted by atomic mass is 16.5. The minimum absolute atomic E-state index is 0.364. The van der Waals surface area contributed by atoms with Crippen LogP contribution in [-0.2, 0) is 4.74 Å². The first-order valence-electron chi connectivity index (χ1n) is 6.06. The van der Waals surface area contributed by atoms with Gasteiger partial charge in [-0.25, -0.2) is 0 Å². The minimum Gasteiger partial charge on any atom is -0.492 e. The average Bonchev–Trinajstić information content (AvgIpc) is 2.27. The minimum atomic E-state index is 0.364. The first-order valence-corrected chi connectivity index (χ1v) is 6.06. The number of ether oxygens (including phenoxy) is 2. The van der Waals surface area contributed by atoms with Crippen molar-refractivity contribution in [2.24, 2.45) is 0 Å². The van der Waals surface area contributed by atoms with Crippen molar-refractivity contribution in [3.8, 4) is 5.75 Å². The molecule has 0 heterocycles. The lowest BCUT2D eigenvalue weighted by Gasteiger charge is -2.14. The summed E-state index contributed by atoms with van der Waals surface area (Å²) in [4.78, 5) is 0. The third kappa shape index (κ3) is 5.20. The second-order valence-electron chi connectivity index (χ2n) is 4.43. The van der Waals surface area contributed by atoms with E-state index in [9.17, 15) is 0 Å². The molecule has 17 heavy (non-hydrogen) atoms. The lowest BCUT2D eigenvalue weighted by Crippen LogP contribution is -2.33. The zero-order valence-corrected chi connectivity index (χ0v) is 11.2. The van der Waals surface area contributed by atoms with Crippen LogP contribution in [0.1, 0.15) is 18.1 Å². The summed E-state index contributed by atoms with van der Waals surface area (Å²) >= 11 is 0. The van der Waals surface area contributed by atoms with Crippen LogP contribution in [0.25, 0.3) is 0 Å². The lowest BCUT2D eigenvalue weighted by molar-refractivity contribution is 0.169. The number of hydrogen-bond acceptors (Lipinski definition) is 3. The van der Waals surface area contributed by atoms with Crippen LogP contribution in [0, 0.1) is 13.8 Å². The largest absolute Gasteiger partial charge is 0.492 e. The molecule has 0 aliphatic heterocycles. The van der Waals surface area contributed by atoms with Crippen molar-refractivity contribution in [2.45, 2.75) is 26.8 Å². The SMILES string of the molecule is COCC(C)NCCOc1ccc(C)cc1C. The molecule has 1 unspecified atom stereocenters. The maximum atomic E-state index is 5.72. The van der Waals surface area contributed by atoms with Crippen molar-refractivity contribution >= 4 is 0 Å². The summed E-state index contributed by atoms with van der Waals surface area (Å²) in [6, 6.07) is 6.60. The Kier molecular flexibility index (Phi) is 6.01. The number of nitrogens with one attached hydrogen (secondary N) is 1. The van der Waals surface area contributed by atoms with Gasteiger partial charge < -0.3 is 14.8 Å². The van der Waals surface area contributed by atoms with Crippen LogP contribution in [0.2, 0.25) is 0 Å². The first-order chi connectivity index (χ1) is 8.13. The summed E-state index contributed by atoms with van der Waals surface area (Å²) in [6.07, 6.45) is 0. The Morgan fingerprint density at radius 1 is 1.29 bits per heavy atom. The number of benzene rings is 1. The van der Waals surface area contributed by atoms with Crippen LogP contribution < -0.4 is 10.1 Å². The van der Waals surface area contributed by atoms with Gasteiger partial charge in [0.1, 0.15) is 12.4 Å². The van der Waals surface area contributed by atoms with Crippen LogP contribution in [0.3, 0.4) is 0 Å². The Morgan fingerprint density at radius 3 is 2.71 bits per heavy atom. The number of rotatable bonds is 7. The smallest absolute Gasteiger partial charge is 0.122 e. The lowest BCUT2D eigenvalue weighted by atomic mass is 10.1. The van der Waals surface area contributed by atoms with E-state index in [1.165, 1.54) is 11.1 Å². The van der Waals surface area contributed by atoms with E-state index in [1.54, 1.807) is 7.11 Å². The van der Waals surface area contributed by atoms with Crippen molar-refractivity contribution in [1.82, 2.24) is 5.32 Å². The van der Waals surface area contributed by atoms with Crippen molar-refractivity contribution < 1.29 is 9.47 Å². The highest BCUT2D eigenvalue weighted by Crippen LogP contribution is 2.18. The molecule has 0 amide bonds. The molecular formula is C14H23NO2. The van der Waals surface area contributed by atoms with Gasteiger partial charge in [0.05, 0.1) is 6.61 Å².